The van der Waals surface area contributed by atoms with Crippen molar-refractivity contribution < 1.29 is 0 Å². The zero-order valence-corrected chi connectivity index (χ0v) is 10.2. The number of aryl methyl sites for hydroxylation is 1. The van der Waals surface area contributed by atoms with E-state index in [4.69, 9.17) is 5.26 Å². The molecule has 0 aliphatic heterocycles. The monoisotopic (exact) mass is 242 g/mol. The van der Waals surface area contributed by atoms with Crippen molar-refractivity contribution in [1.82, 2.24) is 14.6 Å². The fourth-order valence-corrected chi connectivity index (χ4v) is 2.26. The first-order chi connectivity index (χ1) is 8.70. The van der Waals surface area contributed by atoms with E-state index in [9.17, 15) is 4.79 Å². The summed E-state index contributed by atoms with van der Waals surface area (Å²) in [4.78, 5) is 16.7. The maximum atomic E-state index is 12.3. The number of aromatic amines is 1. The van der Waals surface area contributed by atoms with Gasteiger partial charge in [0.25, 0.3) is 5.56 Å². The molecule has 1 N–H and O–H groups in total. The van der Waals surface area contributed by atoms with Crippen LogP contribution in [0.1, 0.15) is 42.1 Å². The second kappa shape index (κ2) is 3.98. The van der Waals surface area contributed by atoms with Crippen LogP contribution < -0.4 is 5.56 Å². The summed E-state index contributed by atoms with van der Waals surface area (Å²) in [6.45, 7) is 1.83. The average Bonchev–Trinajstić information content (AvgIpc) is 3.10. The van der Waals surface area contributed by atoms with Crippen LogP contribution in [0.5, 0.6) is 0 Å². The van der Waals surface area contributed by atoms with Gasteiger partial charge in [0.2, 0.25) is 0 Å². The molecular formula is C13H14N4O. The summed E-state index contributed by atoms with van der Waals surface area (Å²) in [6, 6.07) is 4.02. The number of H-pyrrole nitrogens is 1. The average molecular weight is 242 g/mol. The summed E-state index contributed by atoms with van der Waals surface area (Å²) in [6.07, 6.45) is 3.18. The second-order valence-corrected chi connectivity index (χ2v) is 4.82. The maximum Gasteiger partial charge on any atom is 0.276 e. The molecule has 5 nitrogen and oxygen atoms in total. The van der Waals surface area contributed by atoms with Crippen molar-refractivity contribution in [2.24, 2.45) is 0 Å². The third kappa shape index (κ3) is 1.70. The highest BCUT2D eigenvalue weighted by molar-refractivity contribution is 5.43. The molecule has 1 aliphatic carbocycles. The smallest absolute Gasteiger partial charge is 0.276 e. The molecule has 2 aromatic rings. The van der Waals surface area contributed by atoms with Crippen LogP contribution >= 0.6 is 0 Å². The fraction of sp³-hybridized carbons (Fsp3) is 0.462. The Hall–Kier alpha value is -2.09. The standard InChI is InChI=1S/C13H14N4O/c1-8-10(3-2-6-14)13(18)17-12(15-8)7-11(16-17)9-4-5-9/h7,9,16H,2-5H2,1H3. The first-order valence-electron chi connectivity index (χ1n) is 6.19. The zero-order valence-electron chi connectivity index (χ0n) is 10.2. The molecule has 0 unspecified atom stereocenters. The largest absolute Gasteiger partial charge is 0.293 e. The van der Waals surface area contributed by atoms with Gasteiger partial charge in [0.1, 0.15) is 0 Å². The molecular weight excluding hydrogens is 228 g/mol. The Morgan fingerprint density at radius 3 is 3.06 bits per heavy atom. The van der Waals surface area contributed by atoms with Crippen molar-refractivity contribution in [1.29, 1.82) is 5.26 Å². The van der Waals surface area contributed by atoms with Gasteiger partial charge in [-0.3, -0.25) is 9.89 Å². The molecule has 2 aromatic heterocycles. The van der Waals surface area contributed by atoms with Crippen LogP contribution in [-0.4, -0.2) is 14.6 Å². The third-order valence-electron chi connectivity index (χ3n) is 3.44. The number of hydrogen-bond acceptors (Lipinski definition) is 3. The summed E-state index contributed by atoms with van der Waals surface area (Å²) >= 11 is 0. The van der Waals surface area contributed by atoms with E-state index >= 15 is 0 Å². The van der Waals surface area contributed by atoms with Gasteiger partial charge >= 0.3 is 0 Å². The van der Waals surface area contributed by atoms with E-state index in [0.29, 0.717) is 30.0 Å². The fourth-order valence-electron chi connectivity index (χ4n) is 2.26. The zero-order chi connectivity index (χ0) is 12.7. The number of nitrogens with zero attached hydrogens (tertiary/aromatic N) is 3. The summed E-state index contributed by atoms with van der Waals surface area (Å²) in [5.41, 5.74) is 3.08. The predicted molar refractivity (Wildman–Crippen MR) is 66.5 cm³/mol. The van der Waals surface area contributed by atoms with Crippen molar-refractivity contribution in [3.63, 3.8) is 0 Å². The van der Waals surface area contributed by atoms with Crippen molar-refractivity contribution in [2.45, 2.75) is 38.5 Å². The highest BCUT2D eigenvalue weighted by Crippen LogP contribution is 2.39. The minimum absolute atomic E-state index is 0.0698. The molecule has 3 rings (SSSR count). The minimum Gasteiger partial charge on any atom is -0.293 e. The Morgan fingerprint density at radius 1 is 1.61 bits per heavy atom. The van der Waals surface area contributed by atoms with Gasteiger partial charge in [-0.2, -0.15) is 5.26 Å². The molecule has 0 aromatic carbocycles. The number of aromatic nitrogens is 3. The Bertz CT molecular complexity index is 700. The molecule has 0 amide bonds. The van der Waals surface area contributed by atoms with Gasteiger partial charge in [-0.15, -0.1) is 0 Å². The van der Waals surface area contributed by atoms with Gasteiger partial charge < -0.3 is 0 Å². The lowest BCUT2D eigenvalue weighted by molar-refractivity contribution is 0.815. The quantitative estimate of drug-likeness (QED) is 0.889. The maximum absolute atomic E-state index is 12.3. The SMILES string of the molecule is Cc1nc2cc(C3CC3)[nH]n2c(=O)c1CCC#N. The third-order valence-corrected chi connectivity index (χ3v) is 3.44. The summed E-state index contributed by atoms with van der Waals surface area (Å²) in [5.74, 6) is 0.564. The molecule has 0 radical (unpaired) electrons. The van der Waals surface area contributed by atoms with Crippen LogP contribution in [0.25, 0.3) is 5.65 Å². The molecule has 0 bridgehead atoms. The van der Waals surface area contributed by atoms with Crippen molar-refractivity contribution in [3.05, 3.63) is 33.4 Å². The molecule has 5 heteroatoms. The summed E-state index contributed by atoms with van der Waals surface area (Å²) in [5, 5.41) is 11.7. The van der Waals surface area contributed by atoms with E-state index in [1.807, 2.05) is 13.0 Å². The molecule has 92 valence electrons. The Balaban J connectivity index is 2.14. The minimum atomic E-state index is -0.0698. The van der Waals surface area contributed by atoms with Crippen LogP contribution in [0.15, 0.2) is 10.9 Å². The topological polar surface area (TPSA) is 74.0 Å². The highest BCUT2D eigenvalue weighted by Gasteiger charge is 2.26. The summed E-state index contributed by atoms with van der Waals surface area (Å²) in [7, 11) is 0. The number of nitriles is 1. The normalized spacial score (nSPS) is 14.9. The number of fused-ring (bicyclic) bond motifs is 1. The van der Waals surface area contributed by atoms with E-state index < -0.39 is 0 Å². The van der Waals surface area contributed by atoms with Gasteiger partial charge in [0, 0.05) is 35.4 Å². The molecule has 0 atom stereocenters. The second-order valence-electron chi connectivity index (χ2n) is 4.82. The molecule has 0 spiro atoms. The van der Waals surface area contributed by atoms with E-state index in [1.54, 1.807) is 0 Å². The van der Waals surface area contributed by atoms with Gasteiger partial charge in [0.05, 0.1) is 6.07 Å². The van der Waals surface area contributed by atoms with Crippen LogP contribution in [0.2, 0.25) is 0 Å². The lowest BCUT2D eigenvalue weighted by Crippen LogP contribution is -2.21. The van der Waals surface area contributed by atoms with Crippen LogP contribution in [0, 0.1) is 18.3 Å². The molecule has 2 heterocycles. The molecule has 1 fully saturated rings. The molecule has 18 heavy (non-hydrogen) atoms. The summed E-state index contributed by atoms with van der Waals surface area (Å²) < 4.78 is 1.51. The van der Waals surface area contributed by atoms with Gasteiger partial charge in [-0.25, -0.2) is 9.50 Å². The Kier molecular flexibility index (Phi) is 2.44. The van der Waals surface area contributed by atoms with Crippen molar-refractivity contribution >= 4 is 5.65 Å². The number of nitrogens with one attached hydrogen (secondary N) is 1. The van der Waals surface area contributed by atoms with Gasteiger partial charge in [-0.05, 0) is 26.2 Å². The Labute approximate surface area is 104 Å². The first kappa shape index (κ1) is 11.0. The van der Waals surface area contributed by atoms with Crippen molar-refractivity contribution in [2.75, 3.05) is 0 Å². The first-order valence-corrected chi connectivity index (χ1v) is 6.19. The predicted octanol–water partition coefficient (Wildman–Crippen LogP) is 1.66. The van der Waals surface area contributed by atoms with Crippen LogP contribution in [0.4, 0.5) is 0 Å². The molecule has 1 saturated carbocycles. The lowest BCUT2D eigenvalue weighted by Gasteiger charge is -2.02. The molecule has 0 saturated heterocycles. The van der Waals surface area contributed by atoms with E-state index in [-0.39, 0.29) is 5.56 Å². The van der Waals surface area contributed by atoms with E-state index in [2.05, 4.69) is 16.2 Å². The van der Waals surface area contributed by atoms with E-state index in [1.165, 1.54) is 17.4 Å². The van der Waals surface area contributed by atoms with Crippen LogP contribution in [0.3, 0.4) is 0 Å². The van der Waals surface area contributed by atoms with Crippen LogP contribution in [-0.2, 0) is 6.42 Å². The van der Waals surface area contributed by atoms with Gasteiger partial charge in [0.15, 0.2) is 5.65 Å². The highest BCUT2D eigenvalue weighted by atomic mass is 16.1. The van der Waals surface area contributed by atoms with E-state index in [0.717, 1.165) is 11.4 Å². The number of rotatable bonds is 3. The number of hydrogen-bond donors (Lipinski definition) is 1. The van der Waals surface area contributed by atoms with Gasteiger partial charge in [-0.1, -0.05) is 0 Å². The lowest BCUT2D eigenvalue weighted by atomic mass is 10.1. The molecule has 1 aliphatic rings. The van der Waals surface area contributed by atoms with Crippen molar-refractivity contribution in [3.8, 4) is 6.07 Å². The Morgan fingerprint density at radius 2 is 2.39 bits per heavy atom.